The summed E-state index contributed by atoms with van der Waals surface area (Å²) < 4.78 is 39.6. The smallest absolute Gasteiger partial charge is 0.253 e. The molecule has 3 rings (SSSR count). The summed E-state index contributed by atoms with van der Waals surface area (Å²) in [6.45, 7) is 0. The molecule has 0 fully saturated rings. The molecular formula is C17H12F3N3S. The maximum atomic E-state index is 13.2. The minimum atomic E-state index is -4.52. The molecule has 0 spiro atoms. The van der Waals surface area contributed by atoms with Crippen LogP contribution in [0.4, 0.5) is 18.3 Å². The Morgan fingerprint density at radius 1 is 0.958 bits per heavy atom. The molecule has 24 heavy (non-hydrogen) atoms. The van der Waals surface area contributed by atoms with Crippen LogP contribution in [-0.4, -0.2) is 11.2 Å². The van der Waals surface area contributed by atoms with E-state index in [9.17, 15) is 13.2 Å². The van der Waals surface area contributed by atoms with E-state index in [1.54, 1.807) is 30.3 Å². The van der Waals surface area contributed by atoms with E-state index in [2.05, 4.69) is 15.5 Å². The van der Waals surface area contributed by atoms with Gasteiger partial charge in [0.25, 0.3) is 0 Å². The van der Waals surface area contributed by atoms with Crippen molar-refractivity contribution in [1.82, 2.24) is 4.98 Å². The van der Waals surface area contributed by atoms with Gasteiger partial charge in [0.05, 0.1) is 11.1 Å². The Balaban J connectivity index is 1.87. The van der Waals surface area contributed by atoms with Crippen molar-refractivity contribution >= 4 is 22.7 Å². The van der Waals surface area contributed by atoms with Crippen molar-refractivity contribution in [2.75, 3.05) is 5.43 Å². The van der Waals surface area contributed by atoms with Crippen LogP contribution in [0.1, 0.15) is 11.3 Å². The first-order valence-electron chi connectivity index (χ1n) is 7.01. The van der Waals surface area contributed by atoms with Gasteiger partial charge in [0.2, 0.25) is 5.13 Å². The Labute approximate surface area is 140 Å². The molecule has 0 saturated carbocycles. The van der Waals surface area contributed by atoms with E-state index in [1.165, 1.54) is 6.21 Å². The van der Waals surface area contributed by atoms with Crippen LogP contribution in [0.25, 0.3) is 10.4 Å². The summed E-state index contributed by atoms with van der Waals surface area (Å²) in [4.78, 5) is 3.73. The van der Waals surface area contributed by atoms with Crippen molar-refractivity contribution in [2.24, 2.45) is 5.10 Å². The third kappa shape index (κ3) is 3.80. The average molecular weight is 347 g/mol. The van der Waals surface area contributed by atoms with Crippen molar-refractivity contribution in [3.8, 4) is 10.4 Å². The molecule has 7 heteroatoms. The predicted molar refractivity (Wildman–Crippen MR) is 90.2 cm³/mol. The normalized spacial score (nSPS) is 11.8. The van der Waals surface area contributed by atoms with Gasteiger partial charge in [-0.25, -0.2) is 4.98 Å². The van der Waals surface area contributed by atoms with Crippen LogP contribution in [-0.2, 0) is 6.18 Å². The van der Waals surface area contributed by atoms with Crippen LogP contribution in [0.15, 0.2) is 65.8 Å². The lowest BCUT2D eigenvalue weighted by Crippen LogP contribution is -2.07. The predicted octanol–water partition coefficient (Wildman–Crippen LogP) is 5.27. The molecule has 2 aromatic carbocycles. The SMILES string of the molecule is FC(F)(F)c1nc(N/N=C\c2ccccc2)sc1-c1ccccc1. The Morgan fingerprint density at radius 3 is 2.21 bits per heavy atom. The number of hydrazone groups is 1. The summed E-state index contributed by atoms with van der Waals surface area (Å²) in [6, 6.07) is 17.6. The number of nitrogens with zero attached hydrogens (tertiary/aromatic N) is 2. The minimum absolute atomic E-state index is 0.0699. The van der Waals surface area contributed by atoms with Crippen molar-refractivity contribution in [2.45, 2.75) is 6.18 Å². The van der Waals surface area contributed by atoms with Crippen LogP contribution >= 0.6 is 11.3 Å². The molecule has 3 aromatic rings. The number of benzene rings is 2. The van der Waals surface area contributed by atoms with E-state index in [1.807, 2.05) is 30.3 Å². The maximum Gasteiger partial charge on any atom is 0.434 e. The summed E-state index contributed by atoms with van der Waals surface area (Å²) in [5.74, 6) is 0. The number of aromatic nitrogens is 1. The zero-order valence-electron chi connectivity index (χ0n) is 12.3. The lowest BCUT2D eigenvalue weighted by atomic mass is 10.1. The van der Waals surface area contributed by atoms with Gasteiger partial charge in [-0.1, -0.05) is 72.0 Å². The van der Waals surface area contributed by atoms with Gasteiger partial charge in [-0.2, -0.15) is 18.3 Å². The Kier molecular flexibility index (Phi) is 4.61. The highest BCUT2D eigenvalue weighted by molar-refractivity contribution is 7.19. The van der Waals surface area contributed by atoms with Gasteiger partial charge in [0.15, 0.2) is 5.69 Å². The topological polar surface area (TPSA) is 37.3 Å². The lowest BCUT2D eigenvalue weighted by molar-refractivity contribution is -0.140. The molecule has 1 heterocycles. The third-order valence-electron chi connectivity index (χ3n) is 3.11. The zero-order chi connectivity index (χ0) is 17.0. The summed E-state index contributed by atoms with van der Waals surface area (Å²) in [5, 5.41) is 4.04. The number of nitrogens with one attached hydrogen (secondary N) is 1. The van der Waals surface area contributed by atoms with Gasteiger partial charge in [-0.3, -0.25) is 5.43 Å². The molecule has 0 unspecified atom stereocenters. The molecule has 122 valence electrons. The number of thiazole rings is 1. The molecule has 3 nitrogen and oxygen atoms in total. The molecule has 0 aliphatic rings. The zero-order valence-corrected chi connectivity index (χ0v) is 13.1. The van der Waals surface area contributed by atoms with Crippen molar-refractivity contribution in [1.29, 1.82) is 0 Å². The second-order valence-electron chi connectivity index (χ2n) is 4.84. The lowest BCUT2D eigenvalue weighted by Gasteiger charge is -2.05. The number of rotatable bonds is 4. The van der Waals surface area contributed by atoms with Gasteiger partial charge in [-0.15, -0.1) is 0 Å². The van der Waals surface area contributed by atoms with E-state index >= 15 is 0 Å². The molecule has 0 saturated heterocycles. The van der Waals surface area contributed by atoms with Gasteiger partial charge in [0, 0.05) is 0 Å². The second-order valence-corrected chi connectivity index (χ2v) is 5.84. The first kappa shape index (κ1) is 16.2. The van der Waals surface area contributed by atoms with Gasteiger partial charge in [0.1, 0.15) is 0 Å². The number of alkyl halides is 3. The number of hydrogen-bond acceptors (Lipinski definition) is 4. The molecule has 0 aliphatic carbocycles. The van der Waals surface area contributed by atoms with Gasteiger partial charge >= 0.3 is 6.18 Å². The second kappa shape index (κ2) is 6.84. The molecular weight excluding hydrogens is 335 g/mol. The monoisotopic (exact) mass is 347 g/mol. The molecule has 1 aromatic heterocycles. The molecule has 1 N–H and O–H groups in total. The molecule has 0 atom stereocenters. The van der Waals surface area contributed by atoms with Crippen LogP contribution < -0.4 is 5.43 Å². The number of anilines is 1. The van der Waals surface area contributed by atoms with Crippen LogP contribution in [0.5, 0.6) is 0 Å². The van der Waals surface area contributed by atoms with E-state index in [4.69, 9.17) is 0 Å². The molecule has 0 bridgehead atoms. The number of halogens is 3. The van der Waals surface area contributed by atoms with E-state index < -0.39 is 11.9 Å². The largest absolute Gasteiger partial charge is 0.434 e. The van der Waals surface area contributed by atoms with Gasteiger partial charge in [-0.05, 0) is 11.1 Å². The first-order valence-corrected chi connectivity index (χ1v) is 7.83. The third-order valence-corrected chi connectivity index (χ3v) is 4.11. The fourth-order valence-electron chi connectivity index (χ4n) is 2.05. The Bertz CT molecular complexity index is 827. The maximum absolute atomic E-state index is 13.2. The summed E-state index contributed by atoms with van der Waals surface area (Å²) in [7, 11) is 0. The highest BCUT2D eigenvalue weighted by Crippen LogP contribution is 2.41. The van der Waals surface area contributed by atoms with E-state index in [-0.39, 0.29) is 10.0 Å². The first-order chi connectivity index (χ1) is 11.5. The van der Waals surface area contributed by atoms with Crippen LogP contribution in [0.2, 0.25) is 0 Å². The quantitative estimate of drug-likeness (QED) is 0.515. The highest BCUT2D eigenvalue weighted by Gasteiger charge is 2.37. The van der Waals surface area contributed by atoms with Crippen molar-refractivity contribution in [3.63, 3.8) is 0 Å². The summed E-state index contributed by atoms with van der Waals surface area (Å²) in [6.07, 6.45) is -3.00. The summed E-state index contributed by atoms with van der Waals surface area (Å²) in [5.41, 5.74) is 2.97. The Morgan fingerprint density at radius 2 is 1.58 bits per heavy atom. The van der Waals surface area contributed by atoms with E-state index in [0.29, 0.717) is 5.56 Å². The van der Waals surface area contributed by atoms with Gasteiger partial charge < -0.3 is 0 Å². The fraction of sp³-hybridized carbons (Fsp3) is 0.0588. The van der Waals surface area contributed by atoms with Crippen molar-refractivity contribution < 1.29 is 13.2 Å². The van der Waals surface area contributed by atoms with Crippen LogP contribution in [0, 0.1) is 0 Å². The minimum Gasteiger partial charge on any atom is -0.253 e. The van der Waals surface area contributed by atoms with E-state index in [0.717, 1.165) is 16.9 Å². The number of hydrogen-bond donors (Lipinski definition) is 1. The fourth-order valence-corrected chi connectivity index (χ4v) is 2.99. The average Bonchev–Trinajstić information content (AvgIpc) is 3.01. The summed E-state index contributed by atoms with van der Waals surface area (Å²) >= 11 is 0.919. The molecule has 0 aliphatic heterocycles. The molecule has 0 amide bonds. The van der Waals surface area contributed by atoms with Crippen molar-refractivity contribution in [3.05, 3.63) is 71.9 Å². The highest BCUT2D eigenvalue weighted by atomic mass is 32.1. The Hall–Kier alpha value is -2.67. The molecule has 0 radical (unpaired) electrons. The van der Waals surface area contributed by atoms with Crippen LogP contribution in [0.3, 0.4) is 0 Å². The standard InChI is InChI=1S/C17H12F3N3S/c18-17(19,20)15-14(13-9-5-2-6-10-13)24-16(22-15)23-21-11-12-7-3-1-4-8-12/h1-11H,(H,22,23)/b21-11-.